The van der Waals surface area contributed by atoms with E-state index in [9.17, 15) is 14.9 Å². The van der Waals surface area contributed by atoms with Crippen molar-refractivity contribution in [2.45, 2.75) is 6.61 Å². The number of amides is 1. The van der Waals surface area contributed by atoms with Crippen LogP contribution >= 0.6 is 11.6 Å². The summed E-state index contributed by atoms with van der Waals surface area (Å²) in [6, 6.07) is 4.07. The molecule has 1 aromatic carbocycles. The number of nitro benzene ring substituents is 1. The number of hydrogen-bond donors (Lipinski definition) is 1. The Morgan fingerprint density at radius 1 is 1.62 bits per heavy atom. The van der Waals surface area contributed by atoms with Gasteiger partial charge in [-0.15, -0.1) is 0 Å². The van der Waals surface area contributed by atoms with E-state index in [1.54, 1.807) is 0 Å². The molecule has 0 saturated carbocycles. The van der Waals surface area contributed by atoms with Crippen LogP contribution in [-0.4, -0.2) is 18.1 Å². The van der Waals surface area contributed by atoms with Gasteiger partial charge in [-0.25, -0.2) is 4.79 Å². The molecule has 0 aromatic heterocycles. The second-order valence-electron chi connectivity index (χ2n) is 2.86. The summed E-state index contributed by atoms with van der Waals surface area (Å²) in [5, 5.41) is 13.2. The van der Waals surface area contributed by atoms with Crippen molar-refractivity contribution in [1.29, 1.82) is 0 Å². The number of nitrogens with zero attached hydrogens (tertiary/aromatic N) is 1. The molecule has 0 unspecified atom stereocenters. The molecule has 16 heavy (non-hydrogen) atoms. The minimum Gasteiger partial charge on any atom is -0.444 e. The van der Waals surface area contributed by atoms with Crippen molar-refractivity contribution in [2.24, 2.45) is 0 Å². The van der Waals surface area contributed by atoms with Crippen LogP contribution in [0, 0.1) is 10.1 Å². The van der Waals surface area contributed by atoms with Crippen LogP contribution in [0.5, 0.6) is 0 Å². The van der Waals surface area contributed by atoms with E-state index < -0.39 is 11.0 Å². The van der Waals surface area contributed by atoms with Crippen LogP contribution in [-0.2, 0) is 11.3 Å². The summed E-state index contributed by atoms with van der Waals surface area (Å²) in [4.78, 5) is 20.9. The molecule has 0 saturated heterocycles. The van der Waals surface area contributed by atoms with Crippen molar-refractivity contribution in [2.75, 3.05) is 7.05 Å². The first kappa shape index (κ1) is 12.3. The molecule has 1 N–H and O–H groups in total. The van der Waals surface area contributed by atoms with Gasteiger partial charge in [-0.05, 0) is 12.1 Å². The summed E-state index contributed by atoms with van der Waals surface area (Å²) in [7, 11) is 1.40. The van der Waals surface area contributed by atoms with Gasteiger partial charge in [-0.3, -0.25) is 10.1 Å². The predicted octanol–water partition coefficient (Wildman–Crippen LogP) is 2.10. The Labute approximate surface area is 96.3 Å². The van der Waals surface area contributed by atoms with E-state index in [0.29, 0.717) is 5.02 Å². The molecular weight excluding hydrogens is 236 g/mol. The maximum atomic E-state index is 10.8. The molecule has 86 valence electrons. The minimum absolute atomic E-state index is 0.131. The highest BCUT2D eigenvalue weighted by Gasteiger charge is 2.15. The third-order valence-electron chi connectivity index (χ3n) is 1.80. The molecule has 0 spiro atoms. The van der Waals surface area contributed by atoms with Crippen LogP contribution < -0.4 is 5.32 Å². The van der Waals surface area contributed by atoms with Gasteiger partial charge >= 0.3 is 6.09 Å². The number of nitrogens with one attached hydrogen (secondary N) is 1. The minimum atomic E-state index is -0.658. The van der Waals surface area contributed by atoms with Gasteiger partial charge in [0.2, 0.25) is 0 Å². The number of halogens is 1. The van der Waals surface area contributed by atoms with Crippen molar-refractivity contribution in [1.82, 2.24) is 5.32 Å². The van der Waals surface area contributed by atoms with Gasteiger partial charge in [-0.1, -0.05) is 11.6 Å². The summed E-state index contributed by atoms with van der Waals surface area (Å²) >= 11 is 5.69. The lowest BCUT2D eigenvalue weighted by atomic mass is 10.2. The number of rotatable bonds is 3. The lowest BCUT2D eigenvalue weighted by molar-refractivity contribution is -0.385. The zero-order valence-corrected chi connectivity index (χ0v) is 9.15. The molecular formula is C9H9ClN2O4. The molecule has 0 heterocycles. The number of carbonyl (C=O) groups excluding carboxylic acids is 1. The Morgan fingerprint density at radius 2 is 2.31 bits per heavy atom. The van der Waals surface area contributed by atoms with Crippen molar-refractivity contribution in [3.05, 3.63) is 38.9 Å². The van der Waals surface area contributed by atoms with Crippen molar-refractivity contribution < 1.29 is 14.5 Å². The van der Waals surface area contributed by atoms with Crippen LogP contribution in [0.1, 0.15) is 5.56 Å². The van der Waals surface area contributed by atoms with Gasteiger partial charge in [0, 0.05) is 18.1 Å². The van der Waals surface area contributed by atoms with Gasteiger partial charge in [0.05, 0.1) is 10.5 Å². The monoisotopic (exact) mass is 244 g/mol. The Balaban J connectivity index is 2.88. The molecule has 0 aliphatic carbocycles. The third-order valence-corrected chi connectivity index (χ3v) is 2.04. The van der Waals surface area contributed by atoms with E-state index in [1.807, 2.05) is 0 Å². The number of hydrogen-bond acceptors (Lipinski definition) is 4. The summed E-state index contributed by atoms with van der Waals surface area (Å²) < 4.78 is 4.71. The van der Waals surface area contributed by atoms with E-state index >= 15 is 0 Å². The first-order valence-electron chi connectivity index (χ1n) is 4.32. The van der Waals surface area contributed by atoms with Gasteiger partial charge in [0.1, 0.15) is 6.61 Å². The molecule has 1 aromatic rings. The first-order chi connectivity index (χ1) is 7.54. The fourth-order valence-electron chi connectivity index (χ4n) is 1.06. The number of nitro groups is 1. The lowest BCUT2D eigenvalue weighted by Gasteiger charge is -2.05. The molecule has 0 fully saturated rings. The zero-order chi connectivity index (χ0) is 12.1. The molecule has 1 rings (SSSR count). The normalized spacial score (nSPS) is 9.62. The fraction of sp³-hybridized carbons (Fsp3) is 0.222. The highest BCUT2D eigenvalue weighted by Crippen LogP contribution is 2.23. The molecule has 0 bridgehead atoms. The van der Waals surface area contributed by atoms with Gasteiger partial charge in [0.25, 0.3) is 5.69 Å². The summed E-state index contributed by atoms with van der Waals surface area (Å²) in [5.41, 5.74) is 0.120. The zero-order valence-electron chi connectivity index (χ0n) is 8.40. The summed E-state index contributed by atoms with van der Waals surface area (Å²) in [6.07, 6.45) is -0.658. The Morgan fingerprint density at radius 3 is 2.88 bits per heavy atom. The number of ether oxygens (including phenoxy) is 1. The van der Waals surface area contributed by atoms with E-state index in [-0.39, 0.29) is 17.9 Å². The van der Waals surface area contributed by atoms with Crippen molar-refractivity contribution in [3.63, 3.8) is 0 Å². The van der Waals surface area contributed by atoms with E-state index in [0.717, 1.165) is 0 Å². The SMILES string of the molecule is CNC(=O)OCc1cc(Cl)ccc1[N+](=O)[O-]. The smallest absolute Gasteiger partial charge is 0.407 e. The molecule has 6 nitrogen and oxygen atoms in total. The number of benzene rings is 1. The van der Waals surface area contributed by atoms with Crippen LogP contribution in [0.4, 0.5) is 10.5 Å². The highest BCUT2D eigenvalue weighted by atomic mass is 35.5. The second-order valence-corrected chi connectivity index (χ2v) is 3.29. The maximum Gasteiger partial charge on any atom is 0.407 e. The molecule has 0 aliphatic rings. The maximum absolute atomic E-state index is 10.8. The van der Waals surface area contributed by atoms with Gasteiger partial charge in [-0.2, -0.15) is 0 Å². The van der Waals surface area contributed by atoms with E-state index in [4.69, 9.17) is 16.3 Å². The Kier molecular flexibility index (Phi) is 4.07. The van der Waals surface area contributed by atoms with Gasteiger partial charge in [0.15, 0.2) is 0 Å². The van der Waals surface area contributed by atoms with E-state index in [1.165, 1.54) is 25.2 Å². The molecule has 0 atom stereocenters. The molecule has 1 amide bonds. The van der Waals surface area contributed by atoms with E-state index in [2.05, 4.69) is 5.32 Å². The van der Waals surface area contributed by atoms with Crippen molar-refractivity contribution >= 4 is 23.4 Å². The average Bonchev–Trinajstić information content (AvgIpc) is 2.25. The Hall–Kier alpha value is -1.82. The van der Waals surface area contributed by atoms with Crippen LogP contribution in [0.25, 0.3) is 0 Å². The third kappa shape index (κ3) is 3.09. The quantitative estimate of drug-likeness (QED) is 0.652. The Bertz CT molecular complexity index is 422. The first-order valence-corrected chi connectivity index (χ1v) is 4.69. The second kappa shape index (κ2) is 5.32. The van der Waals surface area contributed by atoms with Crippen LogP contribution in [0.2, 0.25) is 5.02 Å². The van der Waals surface area contributed by atoms with Crippen molar-refractivity contribution in [3.8, 4) is 0 Å². The topological polar surface area (TPSA) is 81.5 Å². The summed E-state index contributed by atoms with van der Waals surface area (Å²) in [6.45, 7) is -0.198. The van der Waals surface area contributed by atoms with Crippen LogP contribution in [0.15, 0.2) is 18.2 Å². The van der Waals surface area contributed by atoms with Crippen LogP contribution in [0.3, 0.4) is 0 Å². The lowest BCUT2D eigenvalue weighted by Crippen LogP contribution is -2.19. The number of carbonyl (C=O) groups is 1. The van der Waals surface area contributed by atoms with Gasteiger partial charge < -0.3 is 10.1 Å². The molecule has 0 radical (unpaired) electrons. The average molecular weight is 245 g/mol. The summed E-state index contributed by atoms with van der Waals surface area (Å²) in [5.74, 6) is 0. The molecule has 7 heteroatoms. The predicted molar refractivity (Wildman–Crippen MR) is 57.4 cm³/mol. The standard InChI is InChI=1S/C9H9ClN2O4/c1-11-9(13)16-5-6-4-7(10)2-3-8(6)12(14)15/h2-4H,5H2,1H3,(H,11,13). The highest BCUT2D eigenvalue weighted by molar-refractivity contribution is 6.30. The number of alkyl carbamates (subject to hydrolysis) is 1. The molecule has 0 aliphatic heterocycles. The largest absolute Gasteiger partial charge is 0.444 e. The fourth-order valence-corrected chi connectivity index (χ4v) is 1.26.